The van der Waals surface area contributed by atoms with Crippen molar-refractivity contribution in [2.24, 2.45) is 0 Å². The fraction of sp³-hybridized carbons (Fsp3) is 0.873. The lowest BCUT2D eigenvalue weighted by Crippen LogP contribution is -2.30. The zero-order chi connectivity index (χ0) is 44.4. The fourth-order valence-corrected chi connectivity index (χ4v) is 7.83. The monoisotopic (exact) mass is 859 g/mol. The summed E-state index contributed by atoms with van der Waals surface area (Å²) in [6.45, 7) is 6.61. The molecular weight excluding hydrogens is 757 g/mol. The SMILES string of the molecule is CCCC/C=C\CCCCCCCC(=O)OCC(COC(=O)CCCCCCCCCCCCCCCCCCC)OC(=O)CCCCCCC/C=C\CCCCCCCC. The van der Waals surface area contributed by atoms with E-state index < -0.39 is 6.10 Å². The average Bonchev–Trinajstić information content (AvgIpc) is 3.26. The van der Waals surface area contributed by atoms with E-state index in [0.717, 1.165) is 70.6 Å². The van der Waals surface area contributed by atoms with Crippen LogP contribution in [-0.2, 0) is 28.6 Å². The maximum absolute atomic E-state index is 12.8. The van der Waals surface area contributed by atoms with Gasteiger partial charge < -0.3 is 14.2 Å². The van der Waals surface area contributed by atoms with Gasteiger partial charge in [0.2, 0.25) is 0 Å². The number of rotatable bonds is 49. The number of carbonyl (C=O) groups excluding carboxylic acids is 3. The van der Waals surface area contributed by atoms with Gasteiger partial charge in [0, 0.05) is 19.3 Å². The standard InChI is InChI=1S/C55H102O6/c1-4-7-10-13-16-19-22-24-26-27-29-30-33-36-39-42-45-48-54(57)60-51-52(50-59-53(56)47-44-41-38-35-32-21-18-15-12-9-6-3)61-55(58)49-46-43-40-37-34-31-28-25-23-20-17-14-11-8-5-2/h15,18,25,28,52H,4-14,16-17,19-24,26-27,29-51H2,1-3H3/b18-15-,28-25-. The first-order valence-electron chi connectivity index (χ1n) is 26.8. The lowest BCUT2D eigenvalue weighted by atomic mass is 10.0. The van der Waals surface area contributed by atoms with Gasteiger partial charge in [0.15, 0.2) is 6.10 Å². The van der Waals surface area contributed by atoms with Crippen LogP contribution in [0.25, 0.3) is 0 Å². The van der Waals surface area contributed by atoms with Gasteiger partial charge in [0.1, 0.15) is 13.2 Å². The Labute approximate surface area is 379 Å². The maximum atomic E-state index is 12.8. The summed E-state index contributed by atoms with van der Waals surface area (Å²) in [6, 6.07) is 0. The molecule has 0 fully saturated rings. The minimum atomic E-state index is -0.774. The number of allylic oxidation sites excluding steroid dienone is 4. The second kappa shape index (κ2) is 50.5. The van der Waals surface area contributed by atoms with Crippen molar-refractivity contribution in [3.05, 3.63) is 24.3 Å². The first kappa shape index (κ1) is 58.9. The van der Waals surface area contributed by atoms with Gasteiger partial charge in [-0.2, -0.15) is 0 Å². The first-order valence-corrected chi connectivity index (χ1v) is 26.8. The predicted molar refractivity (Wildman–Crippen MR) is 261 cm³/mol. The normalized spacial score (nSPS) is 12.1. The first-order chi connectivity index (χ1) is 30.0. The maximum Gasteiger partial charge on any atom is 0.306 e. The van der Waals surface area contributed by atoms with Crippen LogP contribution in [0.5, 0.6) is 0 Å². The molecule has 0 saturated heterocycles. The molecule has 0 radical (unpaired) electrons. The summed E-state index contributed by atoms with van der Waals surface area (Å²) in [6.07, 6.45) is 57.3. The zero-order valence-corrected chi connectivity index (χ0v) is 40.9. The van der Waals surface area contributed by atoms with E-state index in [2.05, 4.69) is 45.1 Å². The number of hydrogen-bond acceptors (Lipinski definition) is 6. The van der Waals surface area contributed by atoms with E-state index in [1.54, 1.807) is 0 Å². The van der Waals surface area contributed by atoms with Crippen molar-refractivity contribution in [1.29, 1.82) is 0 Å². The Bertz CT molecular complexity index is 989. The number of ether oxygens (including phenoxy) is 3. The summed E-state index contributed by atoms with van der Waals surface area (Å²) in [5, 5.41) is 0. The summed E-state index contributed by atoms with van der Waals surface area (Å²) < 4.78 is 16.8. The highest BCUT2D eigenvalue weighted by Gasteiger charge is 2.19. The minimum absolute atomic E-state index is 0.0733. The molecule has 0 aliphatic rings. The van der Waals surface area contributed by atoms with Crippen LogP contribution in [0, 0.1) is 0 Å². The van der Waals surface area contributed by atoms with E-state index in [4.69, 9.17) is 14.2 Å². The Morgan fingerprint density at radius 3 is 0.869 bits per heavy atom. The van der Waals surface area contributed by atoms with E-state index >= 15 is 0 Å². The molecule has 0 spiro atoms. The van der Waals surface area contributed by atoms with Gasteiger partial charge >= 0.3 is 17.9 Å². The van der Waals surface area contributed by atoms with Gasteiger partial charge in [-0.1, -0.05) is 231 Å². The number of carbonyl (C=O) groups is 3. The molecule has 0 aromatic carbocycles. The van der Waals surface area contributed by atoms with Crippen LogP contribution >= 0.6 is 0 Å². The quantitative estimate of drug-likeness (QED) is 0.0262. The summed E-state index contributed by atoms with van der Waals surface area (Å²) in [5.41, 5.74) is 0. The van der Waals surface area contributed by atoms with Gasteiger partial charge in [0.25, 0.3) is 0 Å². The average molecular weight is 859 g/mol. The minimum Gasteiger partial charge on any atom is -0.462 e. The predicted octanol–water partition coefficient (Wildman–Crippen LogP) is 17.5. The molecule has 0 rings (SSSR count). The summed E-state index contributed by atoms with van der Waals surface area (Å²) in [4.78, 5) is 38.0. The molecule has 1 atom stereocenters. The fourth-order valence-electron chi connectivity index (χ4n) is 7.83. The van der Waals surface area contributed by atoms with Crippen LogP contribution in [0.1, 0.15) is 290 Å². The molecular formula is C55H102O6. The van der Waals surface area contributed by atoms with Crippen LogP contribution in [0.3, 0.4) is 0 Å². The Balaban J connectivity index is 4.32. The third-order valence-electron chi connectivity index (χ3n) is 11.9. The lowest BCUT2D eigenvalue weighted by Gasteiger charge is -2.18. The van der Waals surface area contributed by atoms with Gasteiger partial charge in [-0.3, -0.25) is 14.4 Å². The molecule has 0 heterocycles. The second-order valence-electron chi connectivity index (χ2n) is 18.1. The van der Waals surface area contributed by atoms with Gasteiger partial charge in [-0.15, -0.1) is 0 Å². The molecule has 0 amide bonds. The molecule has 6 heteroatoms. The van der Waals surface area contributed by atoms with E-state index in [1.165, 1.54) is 180 Å². The number of esters is 3. The van der Waals surface area contributed by atoms with E-state index in [0.29, 0.717) is 19.3 Å². The van der Waals surface area contributed by atoms with Crippen molar-refractivity contribution in [3.63, 3.8) is 0 Å². The molecule has 6 nitrogen and oxygen atoms in total. The highest BCUT2D eigenvalue weighted by molar-refractivity contribution is 5.71. The molecule has 0 aromatic rings. The molecule has 1 unspecified atom stereocenters. The molecule has 0 N–H and O–H groups in total. The molecule has 0 aliphatic carbocycles. The third kappa shape index (κ3) is 48.8. The Kier molecular flexibility index (Phi) is 48.8. The van der Waals surface area contributed by atoms with E-state index in [-0.39, 0.29) is 31.1 Å². The molecule has 0 bridgehead atoms. The molecule has 0 saturated carbocycles. The van der Waals surface area contributed by atoms with Crippen molar-refractivity contribution in [2.45, 2.75) is 297 Å². The summed E-state index contributed by atoms with van der Waals surface area (Å²) in [7, 11) is 0. The Morgan fingerprint density at radius 1 is 0.311 bits per heavy atom. The number of unbranched alkanes of at least 4 members (excludes halogenated alkanes) is 34. The Morgan fingerprint density at radius 2 is 0.557 bits per heavy atom. The summed E-state index contributed by atoms with van der Waals surface area (Å²) in [5.74, 6) is -0.878. The molecule has 358 valence electrons. The highest BCUT2D eigenvalue weighted by Crippen LogP contribution is 2.16. The Hall–Kier alpha value is -2.11. The molecule has 61 heavy (non-hydrogen) atoms. The topological polar surface area (TPSA) is 78.9 Å². The van der Waals surface area contributed by atoms with Gasteiger partial charge in [-0.05, 0) is 64.2 Å². The van der Waals surface area contributed by atoms with Gasteiger partial charge in [0.05, 0.1) is 0 Å². The number of hydrogen-bond donors (Lipinski definition) is 0. The van der Waals surface area contributed by atoms with Crippen LogP contribution < -0.4 is 0 Å². The van der Waals surface area contributed by atoms with Crippen LogP contribution in [-0.4, -0.2) is 37.2 Å². The van der Waals surface area contributed by atoms with Crippen molar-refractivity contribution in [1.82, 2.24) is 0 Å². The van der Waals surface area contributed by atoms with Crippen molar-refractivity contribution < 1.29 is 28.6 Å². The van der Waals surface area contributed by atoms with Crippen LogP contribution in [0.2, 0.25) is 0 Å². The van der Waals surface area contributed by atoms with Gasteiger partial charge in [-0.25, -0.2) is 0 Å². The van der Waals surface area contributed by atoms with Crippen molar-refractivity contribution in [2.75, 3.05) is 13.2 Å². The molecule has 0 aliphatic heterocycles. The van der Waals surface area contributed by atoms with E-state index in [1.807, 2.05) is 0 Å². The van der Waals surface area contributed by atoms with Crippen molar-refractivity contribution in [3.8, 4) is 0 Å². The smallest absolute Gasteiger partial charge is 0.306 e. The third-order valence-corrected chi connectivity index (χ3v) is 11.9. The van der Waals surface area contributed by atoms with Crippen LogP contribution in [0.15, 0.2) is 24.3 Å². The van der Waals surface area contributed by atoms with Crippen molar-refractivity contribution >= 4 is 17.9 Å². The largest absolute Gasteiger partial charge is 0.462 e. The zero-order valence-electron chi connectivity index (χ0n) is 40.9. The highest BCUT2D eigenvalue weighted by atomic mass is 16.6. The lowest BCUT2D eigenvalue weighted by molar-refractivity contribution is -0.167. The van der Waals surface area contributed by atoms with Crippen LogP contribution in [0.4, 0.5) is 0 Å². The second-order valence-corrected chi connectivity index (χ2v) is 18.1. The molecule has 0 aromatic heterocycles. The summed E-state index contributed by atoms with van der Waals surface area (Å²) >= 11 is 0. The van der Waals surface area contributed by atoms with E-state index in [9.17, 15) is 14.4 Å².